The van der Waals surface area contributed by atoms with Crippen LogP contribution in [0.25, 0.3) is 0 Å². The summed E-state index contributed by atoms with van der Waals surface area (Å²) in [6.45, 7) is 4.62. The molecular weight excluding hydrogens is 484 g/mol. The second kappa shape index (κ2) is 10.1. The molecule has 3 aromatic carbocycles. The number of amides is 2. The summed E-state index contributed by atoms with van der Waals surface area (Å²) in [6.07, 6.45) is 0. The summed E-state index contributed by atoms with van der Waals surface area (Å²) < 4.78 is 12.2. The summed E-state index contributed by atoms with van der Waals surface area (Å²) in [6, 6.07) is 20.1. The number of rotatable bonds is 6. The zero-order valence-electron chi connectivity index (χ0n) is 18.5. The second-order valence-electron chi connectivity index (χ2n) is 7.55. The lowest BCUT2D eigenvalue weighted by atomic mass is 9.95. The molecule has 0 aliphatic carbocycles. The number of benzene rings is 3. The minimum atomic E-state index is -0.452. The molecule has 170 valence electrons. The number of ether oxygens (including phenoxy) is 2. The highest BCUT2D eigenvalue weighted by Gasteiger charge is 2.34. The number of hydrogen-bond acceptors (Lipinski definition) is 4. The van der Waals surface area contributed by atoms with Crippen LogP contribution in [-0.4, -0.2) is 36.5 Å². The van der Waals surface area contributed by atoms with Gasteiger partial charge < -0.3 is 19.7 Å². The second-order valence-corrected chi connectivity index (χ2v) is 8.47. The Hall–Kier alpha value is -3.32. The van der Waals surface area contributed by atoms with E-state index in [1.165, 1.54) is 0 Å². The van der Waals surface area contributed by atoms with Crippen LogP contribution in [0.1, 0.15) is 41.4 Å². The maximum atomic E-state index is 13.8. The molecule has 1 aliphatic heterocycles. The average Bonchev–Trinajstić information content (AvgIpc) is 2.96. The van der Waals surface area contributed by atoms with Crippen LogP contribution in [0.5, 0.6) is 11.5 Å². The monoisotopic (exact) mass is 508 g/mol. The van der Waals surface area contributed by atoms with Crippen molar-refractivity contribution in [1.29, 1.82) is 0 Å². The standard InChI is InChI=1S/C26H25BrN2O4/c1-3-32-22-13-10-18(14-23(22)33-4-2)26(31)29-16-24(30)28-21-12-11-19(27)15-20(21)25(29)17-8-6-5-7-9-17/h5-15,25H,3-4,16H2,1-2H3,(H,28,30)/t25-/m1/s1. The van der Waals surface area contributed by atoms with Gasteiger partial charge in [0.2, 0.25) is 5.91 Å². The summed E-state index contributed by atoms with van der Waals surface area (Å²) in [5, 5.41) is 2.94. The van der Waals surface area contributed by atoms with E-state index in [2.05, 4.69) is 21.2 Å². The third-order valence-corrected chi connectivity index (χ3v) is 5.87. The van der Waals surface area contributed by atoms with E-state index in [1.807, 2.05) is 62.4 Å². The molecule has 0 saturated carbocycles. The molecular formula is C26H25BrN2O4. The summed E-state index contributed by atoms with van der Waals surface area (Å²) >= 11 is 3.54. The molecule has 1 atom stereocenters. The molecule has 6 nitrogen and oxygen atoms in total. The van der Waals surface area contributed by atoms with Gasteiger partial charge in [0.25, 0.3) is 5.91 Å². The predicted octanol–water partition coefficient (Wildman–Crippen LogP) is 5.43. The van der Waals surface area contributed by atoms with Crippen molar-refractivity contribution < 1.29 is 19.1 Å². The SMILES string of the molecule is CCOc1ccc(C(=O)N2CC(=O)Nc3ccc(Br)cc3[C@H]2c2ccccc2)cc1OCC. The number of nitrogens with one attached hydrogen (secondary N) is 1. The van der Waals surface area contributed by atoms with Gasteiger partial charge in [0.1, 0.15) is 6.54 Å². The van der Waals surface area contributed by atoms with Gasteiger partial charge in [0.05, 0.1) is 19.3 Å². The van der Waals surface area contributed by atoms with E-state index in [0.717, 1.165) is 15.6 Å². The lowest BCUT2D eigenvalue weighted by Gasteiger charge is -2.31. The first kappa shape index (κ1) is 22.9. The first-order chi connectivity index (χ1) is 16.0. The van der Waals surface area contributed by atoms with Crippen LogP contribution >= 0.6 is 15.9 Å². The molecule has 1 aliphatic rings. The highest BCUT2D eigenvalue weighted by atomic mass is 79.9. The highest BCUT2D eigenvalue weighted by molar-refractivity contribution is 9.10. The molecule has 0 spiro atoms. The van der Waals surface area contributed by atoms with Crippen molar-refractivity contribution >= 4 is 33.4 Å². The Morgan fingerprint density at radius 2 is 1.73 bits per heavy atom. The van der Waals surface area contributed by atoms with Crippen LogP contribution in [0.15, 0.2) is 71.2 Å². The number of halogens is 1. The van der Waals surface area contributed by atoms with E-state index >= 15 is 0 Å². The van der Waals surface area contributed by atoms with Gasteiger partial charge in [0.15, 0.2) is 11.5 Å². The molecule has 3 aromatic rings. The van der Waals surface area contributed by atoms with Crippen LogP contribution in [0.3, 0.4) is 0 Å². The maximum absolute atomic E-state index is 13.8. The number of carbonyl (C=O) groups excluding carboxylic acids is 2. The highest BCUT2D eigenvalue weighted by Crippen LogP contribution is 2.38. The smallest absolute Gasteiger partial charge is 0.255 e. The summed E-state index contributed by atoms with van der Waals surface area (Å²) in [4.78, 5) is 28.2. The van der Waals surface area contributed by atoms with Crippen molar-refractivity contribution in [3.8, 4) is 11.5 Å². The van der Waals surface area contributed by atoms with Crippen LogP contribution in [-0.2, 0) is 4.79 Å². The predicted molar refractivity (Wildman–Crippen MR) is 131 cm³/mol. The van der Waals surface area contributed by atoms with Crippen molar-refractivity contribution in [3.63, 3.8) is 0 Å². The average molecular weight is 509 g/mol. The molecule has 0 aromatic heterocycles. The first-order valence-corrected chi connectivity index (χ1v) is 11.7. The Morgan fingerprint density at radius 1 is 1.00 bits per heavy atom. The van der Waals surface area contributed by atoms with Crippen LogP contribution in [0, 0.1) is 0 Å². The molecule has 33 heavy (non-hydrogen) atoms. The van der Waals surface area contributed by atoms with Gasteiger partial charge in [-0.3, -0.25) is 9.59 Å². The molecule has 7 heteroatoms. The van der Waals surface area contributed by atoms with E-state index in [-0.39, 0.29) is 18.4 Å². The van der Waals surface area contributed by atoms with Crippen LogP contribution in [0.4, 0.5) is 5.69 Å². The Balaban J connectivity index is 1.82. The van der Waals surface area contributed by atoms with Gasteiger partial charge in [-0.15, -0.1) is 0 Å². The Kier molecular flexibility index (Phi) is 6.99. The van der Waals surface area contributed by atoms with Gasteiger partial charge in [-0.2, -0.15) is 0 Å². The van der Waals surface area contributed by atoms with Crippen molar-refractivity contribution in [3.05, 3.63) is 87.9 Å². The van der Waals surface area contributed by atoms with Gasteiger partial charge >= 0.3 is 0 Å². The van der Waals surface area contributed by atoms with Crippen LogP contribution < -0.4 is 14.8 Å². The number of fused-ring (bicyclic) bond motifs is 1. The summed E-state index contributed by atoms with van der Waals surface area (Å²) in [5.41, 5.74) is 2.87. The Morgan fingerprint density at radius 3 is 2.45 bits per heavy atom. The summed E-state index contributed by atoms with van der Waals surface area (Å²) in [7, 11) is 0. The molecule has 1 N–H and O–H groups in total. The Bertz CT molecular complexity index is 1170. The lowest BCUT2D eigenvalue weighted by Crippen LogP contribution is -2.39. The third-order valence-electron chi connectivity index (χ3n) is 5.37. The molecule has 2 amide bonds. The van der Waals surface area contributed by atoms with Crippen molar-refractivity contribution in [2.75, 3.05) is 25.1 Å². The number of carbonyl (C=O) groups is 2. The fourth-order valence-corrected chi connectivity index (χ4v) is 4.39. The minimum absolute atomic E-state index is 0.0815. The largest absolute Gasteiger partial charge is 0.490 e. The number of nitrogens with zero attached hydrogens (tertiary/aromatic N) is 1. The topological polar surface area (TPSA) is 67.9 Å². The zero-order chi connectivity index (χ0) is 23.4. The molecule has 0 saturated heterocycles. The van der Waals surface area contributed by atoms with Crippen molar-refractivity contribution in [1.82, 2.24) is 4.90 Å². The van der Waals surface area contributed by atoms with E-state index in [4.69, 9.17) is 9.47 Å². The summed E-state index contributed by atoms with van der Waals surface area (Å²) in [5.74, 6) is 0.569. The third kappa shape index (κ3) is 4.88. The number of hydrogen-bond donors (Lipinski definition) is 1. The number of anilines is 1. The molecule has 0 bridgehead atoms. The van der Waals surface area contributed by atoms with Gasteiger partial charge in [0, 0.05) is 21.3 Å². The van der Waals surface area contributed by atoms with E-state index in [0.29, 0.717) is 36.0 Å². The van der Waals surface area contributed by atoms with Gasteiger partial charge in [-0.25, -0.2) is 0 Å². The minimum Gasteiger partial charge on any atom is -0.490 e. The Labute approximate surface area is 201 Å². The molecule has 1 heterocycles. The molecule has 0 radical (unpaired) electrons. The zero-order valence-corrected chi connectivity index (χ0v) is 20.1. The lowest BCUT2D eigenvalue weighted by molar-refractivity contribution is -0.117. The molecule has 0 fully saturated rings. The van der Waals surface area contributed by atoms with Crippen molar-refractivity contribution in [2.45, 2.75) is 19.9 Å². The van der Waals surface area contributed by atoms with Crippen molar-refractivity contribution in [2.24, 2.45) is 0 Å². The maximum Gasteiger partial charge on any atom is 0.255 e. The fraction of sp³-hybridized carbons (Fsp3) is 0.231. The quantitative estimate of drug-likeness (QED) is 0.481. The normalized spacial score (nSPS) is 15.3. The van der Waals surface area contributed by atoms with Gasteiger partial charge in [-0.05, 0) is 55.8 Å². The first-order valence-electron chi connectivity index (χ1n) is 10.9. The van der Waals surface area contributed by atoms with Gasteiger partial charge in [-0.1, -0.05) is 46.3 Å². The molecule has 4 rings (SSSR count). The molecule has 0 unspecified atom stereocenters. The van der Waals surface area contributed by atoms with E-state index in [9.17, 15) is 9.59 Å². The van der Waals surface area contributed by atoms with E-state index in [1.54, 1.807) is 23.1 Å². The van der Waals surface area contributed by atoms with Crippen LogP contribution in [0.2, 0.25) is 0 Å². The van der Waals surface area contributed by atoms with E-state index < -0.39 is 6.04 Å². The fourth-order valence-electron chi connectivity index (χ4n) is 4.01.